The molecule has 1 aliphatic rings. The van der Waals surface area contributed by atoms with Gasteiger partial charge in [-0.3, -0.25) is 0 Å². The highest BCUT2D eigenvalue weighted by molar-refractivity contribution is 7.09. The molecule has 88 valence electrons. The van der Waals surface area contributed by atoms with Gasteiger partial charge in [0.05, 0.1) is 5.69 Å². The SMILES string of the molecule is CC(N)c1csc(C2CCc3ccccc32)n1. The maximum atomic E-state index is 5.86. The number of rotatable bonds is 2. The number of thiazole rings is 1. The zero-order chi connectivity index (χ0) is 11.8. The van der Waals surface area contributed by atoms with Crippen LogP contribution in [0, 0.1) is 0 Å². The van der Waals surface area contributed by atoms with Crippen molar-refractivity contribution in [2.45, 2.75) is 31.7 Å². The molecule has 0 spiro atoms. The summed E-state index contributed by atoms with van der Waals surface area (Å²) in [5.41, 5.74) is 9.83. The van der Waals surface area contributed by atoms with Crippen LogP contribution in [0.15, 0.2) is 29.6 Å². The molecule has 2 aromatic rings. The number of hydrogen-bond donors (Lipinski definition) is 1. The van der Waals surface area contributed by atoms with Crippen molar-refractivity contribution < 1.29 is 0 Å². The maximum absolute atomic E-state index is 5.86. The molecule has 1 aromatic carbocycles. The van der Waals surface area contributed by atoms with Gasteiger partial charge in [-0.2, -0.15) is 0 Å². The Morgan fingerprint density at radius 1 is 1.41 bits per heavy atom. The third-order valence-electron chi connectivity index (χ3n) is 3.44. The number of hydrogen-bond acceptors (Lipinski definition) is 3. The van der Waals surface area contributed by atoms with Gasteiger partial charge in [-0.05, 0) is 30.9 Å². The molecule has 3 rings (SSSR count). The lowest BCUT2D eigenvalue weighted by atomic mass is 10.0. The first-order valence-corrected chi connectivity index (χ1v) is 6.92. The van der Waals surface area contributed by atoms with Gasteiger partial charge in [-0.1, -0.05) is 24.3 Å². The van der Waals surface area contributed by atoms with Crippen molar-refractivity contribution in [1.29, 1.82) is 0 Å². The third kappa shape index (κ3) is 1.90. The van der Waals surface area contributed by atoms with Gasteiger partial charge in [0.25, 0.3) is 0 Å². The second-order valence-electron chi connectivity index (χ2n) is 4.69. The molecule has 0 bridgehead atoms. The lowest BCUT2D eigenvalue weighted by Crippen LogP contribution is -2.06. The molecule has 0 fully saturated rings. The van der Waals surface area contributed by atoms with Gasteiger partial charge in [-0.25, -0.2) is 4.98 Å². The van der Waals surface area contributed by atoms with Gasteiger partial charge in [0.15, 0.2) is 0 Å². The Morgan fingerprint density at radius 2 is 2.24 bits per heavy atom. The highest BCUT2D eigenvalue weighted by Gasteiger charge is 2.26. The van der Waals surface area contributed by atoms with E-state index in [4.69, 9.17) is 5.73 Å². The molecule has 0 amide bonds. The fraction of sp³-hybridized carbons (Fsp3) is 0.357. The Kier molecular flexibility index (Phi) is 2.73. The predicted molar refractivity (Wildman–Crippen MR) is 71.3 cm³/mol. The second-order valence-corrected chi connectivity index (χ2v) is 5.58. The summed E-state index contributed by atoms with van der Waals surface area (Å²) in [6.07, 6.45) is 2.36. The monoisotopic (exact) mass is 244 g/mol. The summed E-state index contributed by atoms with van der Waals surface area (Å²) < 4.78 is 0. The van der Waals surface area contributed by atoms with Crippen LogP contribution in [0.4, 0.5) is 0 Å². The van der Waals surface area contributed by atoms with Crippen LogP contribution < -0.4 is 5.73 Å². The molecule has 2 atom stereocenters. The molecule has 3 heteroatoms. The minimum atomic E-state index is 0.0386. The zero-order valence-electron chi connectivity index (χ0n) is 9.89. The molecule has 0 saturated carbocycles. The Bertz CT molecular complexity index is 531. The Morgan fingerprint density at radius 3 is 3.00 bits per heavy atom. The first kappa shape index (κ1) is 10.9. The third-order valence-corrected chi connectivity index (χ3v) is 4.41. The van der Waals surface area contributed by atoms with Crippen molar-refractivity contribution in [2.75, 3.05) is 0 Å². The summed E-state index contributed by atoms with van der Waals surface area (Å²) in [6, 6.07) is 8.75. The number of aryl methyl sites for hydroxylation is 1. The molecule has 2 nitrogen and oxygen atoms in total. The summed E-state index contributed by atoms with van der Waals surface area (Å²) in [6.45, 7) is 1.99. The minimum Gasteiger partial charge on any atom is -0.323 e. The van der Waals surface area contributed by atoms with Crippen LogP contribution in [-0.4, -0.2) is 4.98 Å². The molecule has 17 heavy (non-hydrogen) atoms. The zero-order valence-corrected chi connectivity index (χ0v) is 10.7. The lowest BCUT2D eigenvalue weighted by Gasteiger charge is -2.07. The average molecular weight is 244 g/mol. The smallest absolute Gasteiger partial charge is 0.100 e. The van der Waals surface area contributed by atoms with Gasteiger partial charge in [0.1, 0.15) is 5.01 Å². The van der Waals surface area contributed by atoms with Gasteiger partial charge in [0, 0.05) is 17.3 Å². The van der Waals surface area contributed by atoms with E-state index in [1.54, 1.807) is 11.3 Å². The van der Waals surface area contributed by atoms with E-state index in [1.165, 1.54) is 29.0 Å². The Labute approximate surface area is 106 Å². The molecule has 0 saturated heterocycles. The summed E-state index contributed by atoms with van der Waals surface area (Å²) in [5, 5.41) is 3.32. The van der Waals surface area contributed by atoms with E-state index in [1.807, 2.05) is 6.92 Å². The Hall–Kier alpha value is -1.19. The van der Waals surface area contributed by atoms with Crippen LogP contribution in [0.25, 0.3) is 0 Å². The highest BCUT2D eigenvalue weighted by Crippen LogP contribution is 2.39. The quantitative estimate of drug-likeness (QED) is 0.880. The van der Waals surface area contributed by atoms with E-state index < -0.39 is 0 Å². The fourth-order valence-corrected chi connectivity index (χ4v) is 3.56. The van der Waals surface area contributed by atoms with Crippen LogP contribution in [-0.2, 0) is 6.42 Å². The van der Waals surface area contributed by atoms with Gasteiger partial charge >= 0.3 is 0 Å². The number of nitrogens with two attached hydrogens (primary N) is 1. The fourth-order valence-electron chi connectivity index (χ4n) is 2.48. The van der Waals surface area contributed by atoms with E-state index in [-0.39, 0.29) is 6.04 Å². The van der Waals surface area contributed by atoms with Gasteiger partial charge in [0.2, 0.25) is 0 Å². The van der Waals surface area contributed by atoms with E-state index in [0.717, 1.165) is 5.69 Å². The largest absolute Gasteiger partial charge is 0.323 e. The first-order chi connectivity index (χ1) is 8.25. The molecule has 1 aliphatic carbocycles. The molecule has 1 heterocycles. The van der Waals surface area contributed by atoms with Crippen molar-refractivity contribution >= 4 is 11.3 Å². The standard InChI is InChI=1S/C14H16N2S/c1-9(15)13-8-17-14(16-13)12-7-6-10-4-2-3-5-11(10)12/h2-5,8-9,12H,6-7,15H2,1H3. The normalized spacial score (nSPS) is 20.2. The predicted octanol–water partition coefficient (Wildman–Crippen LogP) is 3.24. The number of nitrogens with zero attached hydrogens (tertiary/aromatic N) is 1. The summed E-state index contributed by atoms with van der Waals surface area (Å²) in [4.78, 5) is 4.68. The van der Waals surface area contributed by atoms with Crippen molar-refractivity contribution in [3.63, 3.8) is 0 Å². The lowest BCUT2D eigenvalue weighted by molar-refractivity contribution is 0.746. The number of aromatic nitrogens is 1. The number of fused-ring (bicyclic) bond motifs is 1. The van der Waals surface area contributed by atoms with Gasteiger partial charge in [-0.15, -0.1) is 11.3 Å². The van der Waals surface area contributed by atoms with E-state index in [0.29, 0.717) is 5.92 Å². The van der Waals surface area contributed by atoms with Crippen molar-refractivity contribution in [2.24, 2.45) is 5.73 Å². The molecule has 2 N–H and O–H groups in total. The first-order valence-electron chi connectivity index (χ1n) is 6.04. The number of benzene rings is 1. The molecule has 2 unspecified atom stereocenters. The van der Waals surface area contributed by atoms with Crippen molar-refractivity contribution in [3.05, 3.63) is 51.5 Å². The van der Waals surface area contributed by atoms with Crippen LogP contribution in [0.3, 0.4) is 0 Å². The molecular weight excluding hydrogens is 228 g/mol. The summed E-state index contributed by atoms with van der Waals surface area (Å²) in [5.74, 6) is 0.490. The summed E-state index contributed by atoms with van der Waals surface area (Å²) in [7, 11) is 0. The second kappa shape index (κ2) is 4.24. The minimum absolute atomic E-state index is 0.0386. The molecular formula is C14H16N2S. The highest BCUT2D eigenvalue weighted by atomic mass is 32.1. The Balaban J connectivity index is 1.95. The van der Waals surface area contributed by atoms with Gasteiger partial charge < -0.3 is 5.73 Å². The van der Waals surface area contributed by atoms with Crippen LogP contribution in [0.2, 0.25) is 0 Å². The maximum Gasteiger partial charge on any atom is 0.100 e. The molecule has 0 radical (unpaired) electrons. The van der Waals surface area contributed by atoms with E-state index in [9.17, 15) is 0 Å². The van der Waals surface area contributed by atoms with Crippen LogP contribution in [0.5, 0.6) is 0 Å². The topological polar surface area (TPSA) is 38.9 Å². The molecule has 0 aliphatic heterocycles. The molecule has 1 aromatic heterocycles. The van der Waals surface area contributed by atoms with Crippen molar-refractivity contribution in [1.82, 2.24) is 4.98 Å². The summed E-state index contributed by atoms with van der Waals surface area (Å²) >= 11 is 1.75. The van der Waals surface area contributed by atoms with E-state index >= 15 is 0 Å². The van der Waals surface area contributed by atoms with Crippen LogP contribution >= 0.6 is 11.3 Å². The van der Waals surface area contributed by atoms with Crippen LogP contribution in [0.1, 0.15) is 47.1 Å². The average Bonchev–Trinajstić information content (AvgIpc) is 2.95. The van der Waals surface area contributed by atoms with Crippen molar-refractivity contribution in [3.8, 4) is 0 Å². The van der Waals surface area contributed by atoms with E-state index in [2.05, 4.69) is 34.6 Å².